The van der Waals surface area contributed by atoms with Crippen LogP contribution in [-0.4, -0.2) is 58.1 Å². The number of nitrogens with one attached hydrogen (secondary N) is 1. The van der Waals surface area contributed by atoms with Crippen molar-refractivity contribution in [2.75, 3.05) is 44.8 Å². The van der Waals surface area contributed by atoms with Crippen molar-refractivity contribution in [1.29, 1.82) is 0 Å². The molecule has 2 aromatic rings. The molecular formula is C22H24F2N2O5S. The first kappa shape index (κ1) is 22.8. The van der Waals surface area contributed by atoms with Gasteiger partial charge in [-0.05, 0) is 48.7 Å². The standard InChI is InChI=1S/C22H24F2N2O5S/c23-17-3-1-16(2-4-17)22(7-11-30-12-8-22)21(27)25-18-5-6-19(24)20(15-18)32(28,29)26-9-13-31-14-10-26/h1-6,15H,7-14H2,(H,25,27). The minimum atomic E-state index is -4.08. The van der Waals surface area contributed by atoms with Gasteiger partial charge in [0.1, 0.15) is 16.5 Å². The summed E-state index contributed by atoms with van der Waals surface area (Å²) in [6.07, 6.45) is 0.759. The number of hydrogen-bond donors (Lipinski definition) is 1. The van der Waals surface area contributed by atoms with Crippen LogP contribution in [0.25, 0.3) is 0 Å². The fourth-order valence-electron chi connectivity index (χ4n) is 4.09. The van der Waals surface area contributed by atoms with E-state index in [9.17, 15) is 22.0 Å². The highest BCUT2D eigenvalue weighted by atomic mass is 32.2. The van der Waals surface area contributed by atoms with E-state index in [2.05, 4.69) is 5.32 Å². The van der Waals surface area contributed by atoms with Crippen LogP contribution in [0.5, 0.6) is 0 Å². The maximum atomic E-state index is 14.5. The first-order valence-electron chi connectivity index (χ1n) is 10.4. The lowest BCUT2D eigenvalue weighted by Crippen LogP contribution is -2.45. The van der Waals surface area contributed by atoms with Crippen LogP contribution < -0.4 is 5.32 Å². The summed E-state index contributed by atoms with van der Waals surface area (Å²) in [5.41, 5.74) is -0.164. The number of halogens is 2. The van der Waals surface area contributed by atoms with Crippen molar-refractivity contribution < 1.29 is 31.5 Å². The normalized spacial score (nSPS) is 19.4. The molecule has 0 aliphatic carbocycles. The summed E-state index contributed by atoms with van der Waals surface area (Å²) in [4.78, 5) is 12.9. The molecule has 32 heavy (non-hydrogen) atoms. The van der Waals surface area contributed by atoms with Crippen LogP contribution in [0.2, 0.25) is 0 Å². The summed E-state index contributed by atoms with van der Waals surface area (Å²) < 4.78 is 65.6. The van der Waals surface area contributed by atoms with E-state index in [4.69, 9.17) is 9.47 Å². The Morgan fingerprint density at radius 3 is 2.22 bits per heavy atom. The first-order chi connectivity index (χ1) is 15.3. The van der Waals surface area contributed by atoms with Gasteiger partial charge in [-0.25, -0.2) is 17.2 Å². The molecule has 2 aromatic carbocycles. The Kier molecular flexibility index (Phi) is 6.57. The lowest BCUT2D eigenvalue weighted by Gasteiger charge is -2.36. The third-order valence-corrected chi connectivity index (χ3v) is 7.87. The van der Waals surface area contributed by atoms with Crippen molar-refractivity contribution in [2.24, 2.45) is 0 Å². The maximum absolute atomic E-state index is 14.5. The third-order valence-electron chi connectivity index (χ3n) is 5.95. The zero-order chi connectivity index (χ0) is 22.8. The average molecular weight is 467 g/mol. The molecule has 0 atom stereocenters. The number of benzene rings is 2. The molecule has 0 aromatic heterocycles. The molecule has 10 heteroatoms. The largest absolute Gasteiger partial charge is 0.381 e. The molecule has 2 aliphatic rings. The van der Waals surface area contributed by atoms with E-state index in [-0.39, 0.29) is 37.9 Å². The Hall–Kier alpha value is -2.40. The number of sulfonamides is 1. The van der Waals surface area contributed by atoms with Crippen LogP contribution in [0.15, 0.2) is 47.4 Å². The molecular weight excluding hydrogens is 442 g/mol. The van der Waals surface area contributed by atoms with Crippen molar-refractivity contribution in [1.82, 2.24) is 4.31 Å². The first-order valence-corrected chi connectivity index (χ1v) is 11.8. The third kappa shape index (κ3) is 4.40. The highest BCUT2D eigenvalue weighted by Crippen LogP contribution is 2.36. The van der Waals surface area contributed by atoms with Gasteiger partial charge in [-0.2, -0.15) is 4.31 Å². The second kappa shape index (κ2) is 9.22. The maximum Gasteiger partial charge on any atom is 0.246 e. The summed E-state index contributed by atoms with van der Waals surface area (Å²) in [7, 11) is -4.08. The molecule has 2 heterocycles. The molecule has 7 nitrogen and oxygen atoms in total. The highest BCUT2D eigenvalue weighted by molar-refractivity contribution is 7.89. The number of rotatable bonds is 5. The van der Waals surface area contributed by atoms with Crippen molar-refractivity contribution in [3.63, 3.8) is 0 Å². The molecule has 0 bridgehead atoms. The number of morpholine rings is 1. The van der Waals surface area contributed by atoms with Gasteiger partial charge in [0.15, 0.2) is 0 Å². The van der Waals surface area contributed by atoms with E-state index in [0.29, 0.717) is 31.6 Å². The van der Waals surface area contributed by atoms with E-state index >= 15 is 0 Å². The molecule has 2 aliphatic heterocycles. The quantitative estimate of drug-likeness (QED) is 0.733. The number of amides is 1. The topological polar surface area (TPSA) is 84.9 Å². The van der Waals surface area contributed by atoms with Gasteiger partial charge >= 0.3 is 0 Å². The minimum absolute atomic E-state index is 0.131. The predicted octanol–water partition coefficient (Wildman–Crippen LogP) is 2.67. The second-order valence-corrected chi connectivity index (χ2v) is 9.72. The molecule has 0 unspecified atom stereocenters. The number of hydrogen-bond acceptors (Lipinski definition) is 5. The van der Waals surface area contributed by atoms with Crippen molar-refractivity contribution in [3.8, 4) is 0 Å². The number of carbonyl (C=O) groups is 1. The van der Waals surface area contributed by atoms with E-state index < -0.39 is 32.0 Å². The van der Waals surface area contributed by atoms with Crippen LogP contribution in [0, 0.1) is 11.6 Å². The Bertz CT molecular complexity index is 1080. The number of nitrogens with zero attached hydrogens (tertiary/aromatic N) is 1. The van der Waals surface area contributed by atoms with Gasteiger partial charge < -0.3 is 14.8 Å². The summed E-state index contributed by atoms with van der Waals surface area (Å²) in [5.74, 6) is -1.68. The fourth-order valence-corrected chi connectivity index (χ4v) is 5.59. The van der Waals surface area contributed by atoms with Gasteiger partial charge in [0.05, 0.1) is 18.6 Å². The van der Waals surface area contributed by atoms with Gasteiger partial charge in [-0.1, -0.05) is 12.1 Å². The molecule has 4 rings (SSSR count). The Balaban J connectivity index is 1.63. The Labute approximate surface area is 185 Å². The van der Waals surface area contributed by atoms with Gasteiger partial charge in [-0.15, -0.1) is 0 Å². The lowest BCUT2D eigenvalue weighted by atomic mass is 9.73. The Morgan fingerprint density at radius 2 is 1.56 bits per heavy atom. The van der Waals surface area contributed by atoms with Gasteiger partial charge in [-0.3, -0.25) is 4.79 Å². The monoisotopic (exact) mass is 466 g/mol. The average Bonchev–Trinajstić information content (AvgIpc) is 2.81. The van der Waals surface area contributed by atoms with E-state index in [1.807, 2.05) is 0 Å². The molecule has 1 amide bonds. The molecule has 2 fully saturated rings. The fraction of sp³-hybridized carbons (Fsp3) is 0.409. The van der Waals surface area contributed by atoms with Crippen molar-refractivity contribution in [2.45, 2.75) is 23.2 Å². The number of anilines is 1. The summed E-state index contributed by atoms with van der Waals surface area (Å²) in [6, 6.07) is 9.21. The van der Waals surface area contributed by atoms with Crippen LogP contribution in [0.3, 0.4) is 0 Å². The smallest absolute Gasteiger partial charge is 0.246 e. The minimum Gasteiger partial charge on any atom is -0.381 e. The molecule has 0 radical (unpaired) electrons. The SMILES string of the molecule is O=C(Nc1ccc(F)c(S(=O)(=O)N2CCOCC2)c1)C1(c2ccc(F)cc2)CCOCC1. The van der Waals surface area contributed by atoms with Crippen LogP contribution in [-0.2, 0) is 29.7 Å². The van der Waals surface area contributed by atoms with E-state index in [1.165, 1.54) is 22.5 Å². The zero-order valence-corrected chi connectivity index (χ0v) is 18.2. The molecule has 172 valence electrons. The van der Waals surface area contributed by atoms with Crippen molar-refractivity contribution >= 4 is 21.6 Å². The van der Waals surface area contributed by atoms with Gasteiger partial charge in [0.25, 0.3) is 0 Å². The van der Waals surface area contributed by atoms with Crippen LogP contribution >= 0.6 is 0 Å². The van der Waals surface area contributed by atoms with Crippen molar-refractivity contribution in [3.05, 3.63) is 59.7 Å². The molecule has 0 spiro atoms. The second-order valence-electron chi connectivity index (χ2n) is 7.82. The Morgan fingerprint density at radius 1 is 0.938 bits per heavy atom. The van der Waals surface area contributed by atoms with Crippen LogP contribution in [0.4, 0.5) is 14.5 Å². The van der Waals surface area contributed by atoms with E-state index in [1.54, 1.807) is 12.1 Å². The predicted molar refractivity (Wildman–Crippen MR) is 113 cm³/mol. The van der Waals surface area contributed by atoms with Crippen LogP contribution in [0.1, 0.15) is 18.4 Å². The van der Waals surface area contributed by atoms with Gasteiger partial charge in [0, 0.05) is 32.0 Å². The number of carbonyl (C=O) groups excluding carboxylic acids is 1. The molecule has 1 N–H and O–H groups in total. The van der Waals surface area contributed by atoms with E-state index in [0.717, 1.165) is 12.1 Å². The summed E-state index contributed by atoms with van der Waals surface area (Å²) in [6.45, 7) is 1.44. The van der Waals surface area contributed by atoms with Gasteiger partial charge in [0.2, 0.25) is 15.9 Å². The summed E-state index contributed by atoms with van der Waals surface area (Å²) >= 11 is 0. The zero-order valence-electron chi connectivity index (χ0n) is 17.4. The summed E-state index contributed by atoms with van der Waals surface area (Å²) in [5, 5.41) is 2.75. The molecule has 0 saturated carbocycles. The lowest BCUT2D eigenvalue weighted by molar-refractivity contribution is -0.125. The molecule has 2 saturated heterocycles. The highest BCUT2D eigenvalue weighted by Gasteiger charge is 2.42. The number of ether oxygens (including phenoxy) is 2.